The molecule has 0 spiro atoms. The highest BCUT2D eigenvalue weighted by Crippen LogP contribution is 2.29. The molecule has 1 aliphatic carbocycles. The first-order chi connectivity index (χ1) is 8.43. The maximum absolute atomic E-state index is 3.97. The van der Waals surface area contributed by atoms with Gasteiger partial charge in [-0.1, -0.05) is 24.3 Å². The third-order valence-electron chi connectivity index (χ3n) is 3.47. The van der Waals surface area contributed by atoms with Crippen molar-refractivity contribution in [3.05, 3.63) is 53.3 Å². The van der Waals surface area contributed by atoms with E-state index in [9.17, 15) is 0 Å². The molecular formula is C14H17N3. The normalized spacial score (nSPS) is 18.9. The van der Waals surface area contributed by atoms with Gasteiger partial charge in [-0.15, -0.1) is 0 Å². The minimum Gasteiger partial charge on any atom is -0.304 e. The molecule has 1 aromatic heterocycles. The molecule has 0 saturated carbocycles. The van der Waals surface area contributed by atoms with Gasteiger partial charge in [-0.3, -0.25) is 5.10 Å². The lowest BCUT2D eigenvalue weighted by Crippen LogP contribution is -2.24. The summed E-state index contributed by atoms with van der Waals surface area (Å²) in [6.45, 7) is 0.860. The number of aromatic amines is 1. The van der Waals surface area contributed by atoms with Crippen molar-refractivity contribution in [3.63, 3.8) is 0 Å². The first-order valence-electron chi connectivity index (χ1n) is 6.23. The quantitative estimate of drug-likeness (QED) is 0.846. The van der Waals surface area contributed by atoms with E-state index in [4.69, 9.17) is 0 Å². The molecule has 0 bridgehead atoms. The zero-order valence-corrected chi connectivity index (χ0v) is 9.82. The van der Waals surface area contributed by atoms with Crippen LogP contribution in [0.1, 0.15) is 35.7 Å². The average Bonchev–Trinajstić information content (AvgIpc) is 2.89. The monoisotopic (exact) mass is 227 g/mol. The van der Waals surface area contributed by atoms with E-state index >= 15 is 0 Å². The highest BCUT2D eigenvalue weighted by molar-refractivity contribution is 5.32. The average molecular weight is 227 g/mol. The van der Waals surface area contributed by atoms with Crippen molar-refractivity contribution in [1.29, 1.82) is 0 Å². The van der Waals surface area contributed by atoms with Gasteiger partial charge in [0.05, 0.1) is 0 Å². The van der Waals surface area contributed by atoms with Crippen LogP contribution in [0.4, 0.5) is 0 Å². The zero-order valence-electron chi connectivity index (χ0n) is 9.82. The summed E-state index contributed by atoms with van der Waals surface area (Å²) >= 11 is 0. The van der Waals surface area contributed by atoms with Gasteiger partial charge in [-0.2, -0.15) is 5.10 Å². The molecule has 1 aliphatic rings. The highest BCUT2D eigenvalue weighted by atomic mass is 15.1. The van der Waals surface area contributed by atoms with Crippen LogP contribution in [0.2, 0.25) is 0 Å². The van der Waals surface area contributed by atoms with Crippen molar-refractivity contribution in [2.75, 3.05) is 0 Å². The molecular weight excluding hydrogens is 210 g/mol. The van der Waals surface area contributed by atoms with Crippen LogP contribution in [0.25, 0.3) is 0 Å². The number of hydrogen-bond donors (Lipinski definition) is 2. The summed E-state index contributed by atoms with van der Waals surface area (Å²) in [7, 11) is 0. The number of hydrogen-bond acceptors (Lipinski definition) is 2. The number of H-pyrrole nitrogens is 1. The first-order valence-corrected chi connectivity index (χ1v) is 6.23. The number of rotatable bonds is 3. The predicted molar refractivity (Wildman–Crippen MR) is 67.5 cm³/mol. The van der Waals surface area contributed by atoms with Crippen molar-refractivity contribution in [2.45, 2.75) is 31.8 Å². The van der Waals surface area contributed by atoms with Crippen LogP contribution in [-0.4, -0.2) is 10.2 Å². The third kappa shape index (κ3) is 2.24. The summed E-state index contributed by atoms with van der Waals surface area (Å²) in [5.74, 6) is 0. The molecule has 0 aliphatic heterocycles. The van der Waals surface area contributed by atoms with Gasteiger partial charge in [0, 0.05) is 24.5 Å². The fraction of sp³-hybridized carbons (Fsp3) is 0.357. The van der Waals surface area contributed by atoms with Crippen LogP contribution in [0.5, 0.6) is 0 Å². The van der Waals surface area contributed by atoms with Gasteiger partial charge in [0.2, 0.25) is 0 Å². The lowest BCUT2D eigenvalue weighted by Gasteiger charge is -2.26. The van der Waals surface area contributed by atoms with E-state index in [0.717, 1.165) is 12.2 Å². The molecule has 3 heteroatoms. The maximum atomic E-state index is 3.97. The Kier molecular flexibility index (Phi) is 2.92. The molecule has 3 nitrogen and oxygen atoms in total. The Morgan fingerprint density at radius 1 is 1.29 bits per heavy atom. The molecule has 2 N–H and O–H groups in total. The number of nitrogens with zero attached hydrogens (tertiary/aromatic N) is 1. The van der Waals surface area contributed by atoms with Gasteiger partial charge in [-0.25, -0.2) is 0 Å². The molecule has 2 aromatic rings. The van der Waals surface area contributed by atoms with Gasteiger partial charge in [-0.05, 0) is 36.5 Å². The molecule has 0 saturated heterocycles. The van der Waals surface area contributed by atoms with Crippen molar-refractivity contribution >= 4 is 0 Å². The molecule has 1 aromatic carbocycles. The molecule has 3 rings (SSSR count). The van der Waals surface area contributed by atoms with Crippen LogP contribution in [-0.2, 0) is 13.0 Å². The molecule has 0 radical (unpaired) electrons. The lowest BCUT2D eigenvalue weighted by atomic mass is 9.88. The summed E-state index contributed by atoms with van der Waals surface area (Å²) in [6, 6.07) is 11.3. The van der Waals surface area contributed by atoms with Gasteiger partial charge >= 0.3 is 0 Å². The second kappa shape index (κ2) is 4.72. The molecule has 0 fully saturated rings. The molecule has 17 heavy (non-hydrogen) atoms. The van der Waals surface area contributed by atoms with E-state index < -0.39 is 0 Å². The summed E-state index contributed by atoms with van der Waals surface area (Å²) < 4.78 is 0. The SMILES string of the molecule is c1ccc2c(c1)CCCC2NCc1ccn[nH]1. The maximum Gasteiger partial charge on any atom is 0.0490 e. The van der Waals surface area contributed by atoms with E-state index in [0.29, 0.717) is 6.04 Å². The van der Waals surface area contributed by atoms with E-state index in [1.165, 1.54) is 30.4 Å². The summed E-state index contributed by atoms with van der Waals surface area (Å²) in [5, 5.41) is 10.6. The molecule has 88 valence electrons. The van der Waals surface area contributed by atoms with Gasteiger partial charge in [0.25, 0.3) is 0 Å². The standard InChI is InChI=1S/C14H17N3/c1-2-6-13-11(4-1)5-3-7-14(13)15-10-12-8-9-16-17-12/h1-2,4,6,8-9,14-15H,3,5,7,10H2,(H,16,17). The zero-order chi connectivity index (χ0) is 11.5. The van der Waals surface area contributed by atoms with Gasteiger partial charge < -0.3 is 5.32 Å². The number of nitrogens with one attached hydrogen (secondary N) is 2. The Morgan fingerprint density at radius 3 is 3.12 bits per heavy atom. The van der Waals surface area contributed by atoms with Crippen molar-refractivity contribution in [3.8, 4) is 0 Å². The fourth-order valence-corrected chi connectivity index (χ4v) is 2.58. The second-order valence-electron chi connectivity index (χ2n) is 4.61. The predicted octanol–water partition coefficient (Wildman–Crippen LogP) is 2.58. The largest absolute Gasteiger partial charge is 0.304 e. The lowest BCUT2D eigenvalue weighted by molar-refractivity contribution is 0.456. The Labute approximate surface area is 101 Å². The van der Waals surface area contributed by atoms with E-state index in [1.54, 1.807) is 6.20 Å². The molecule has 1 atom stereocenters. The topological polar surface area (TPSA) is 40.7 Å². The van der Waals surface area contributed by atoms with E-state index in [1.807, 2.05) is 6.07 Å². The molecule has 1 heterocycles. The van der Waals surface area contributed by atoms with Crippen LogP contribution in [0.3, 0.4) is 0 Å². The first kappa shape index (κ1) is 10.5. The fourth-order valence-electron chi connectivity index (χ4n) is 2.58. The summed E-state index contributed by atoms with van der Waals surface area (Å²) in [4.78, 5) is 0. The van der Waals surface area contributed by atoms with Crippen molar-refractivity contribution in [2.24, 2.45) is 0 Å². The number of fused-ring (bicyclic) bond motifs is 1. The van der Waals surface area contributed by atoms with E-state index in [-0.39, 0.29) is 0 Å². The number of aromatic nitrogens is 2. The minimum atomic E-state index is 0.489. The summed E-state index contributed by atoms with van der Waals surface area (Å²) in [5.41, 5.74) is 4.12. The van der Waals surface area contributed by atoms with Crippen molar-refractivity contribution in [1.82, 2.24) is 15.5 Å². The Bertz CT molecular complexity index is 476. The summed E-state index contributed by atoms with van der Waals surface area (Å²) in [6.07, 6.45) is 5.52. The van der Waals surface area contributed by atoms with Crippen LogP contribution in [0, 0.1) is 0 Å². The second-order valence-corrected chi connectivity index (χ2v) is 4.61. The molecule has 0 amide bonds. The number of benzene rings is 1. The minimum absolute atomic E-state index is 0.489. The van der Waals surface area contributed by atoms with Crippen LogP contribution in [0.15, 0.2) is 36.5 Å². The third-order valence-corrected chi connectivity index (χ3v) is 3.47. The van der Waals surface area contributed by atoms with Crippen LogP contribution < -0.4 is 5.32 Å². The Hall–Kier alpha value is -1.61. The van der Waals surface area contributed by atoms with Crippen LogP contribution >= 0.6 is 0 Å². The Balaban J connectivity index is 1.72. The van der Waals surface area contributed by atoms with Gasteiger partial charge in [0.1, 0.15) is 0 Å². The van der Waals surface area contributed by atoms with Crippen molar-refractivity contribution < 1.29 is 0 Å². The number of aryl methyl sites for hydroxylation is 1. The smallest absolute Gasteiger partial charge is 0.0490 e. The van der Waals surface area contributed by atoms with Gasteiger partial charge in [0.15, 0.2) is 0 Å². The van der Waals surface area contributed by atoms with E-state index in [2.05, 4.69) is 39.8 Å². The highest BCUT2D eigenvalue weighted by Gasteiger charge is 2.18. The Morgan fingerprint density at radius 2 is 2.24 bits per heavy atom. The molecule has 1 unspecified atom stereocenters.